The normalized spacial score (nSPS) is 9.69. The topological polar surface area (TPSA) is 108 Å². The number of halogens is 1. The number of nitriles is 1. The van der Waals surface area contributed by atoms with Crippen LogP contribution in [0, 0.1) is 17.1 Å². The van der Waals surface area contributed by atoms with E-state index in [0.29, 0.717) is 5.69 Å². The molecule has 0 unspecified atom stereocenters. The molecule has 2 amide bonds. The van der Waals surface area contributed by atoms with Crippen LogP contribution in [0.1, 0.15) is 16.8 Å². The van der Waals surface area contributed by atoms with Crippen molar-refractivity contribution in [3.05, 3.63) is 59.9 Å². The number of nitrogens with one attached hydrogen (secondary N) is 2. The molecule has 0 aromatic heterocycles. The fraction of sp³-hybridized carbons (Fsp3) is 0.111. The minimum Gasteiger partial charge on any atom is -0.452 e. The summed E-state index contributed by atoms with van der Waals surface area (Å²) in [5.41, 5.74) is 0.576. The van der Waals surface area contributed by atoms with E-state index < -0.39 is 30.2 Å². The van der Waals surface area contributed by atoms with Crippen LogP contribution in [0.25, 0.3) is 0 Å². The van der Waals surface area contributed by atoms with Gasteiger partial charge < -0.3 is 15.4 Å². The summed E-state index contributed by atoms with van der Waals surface area (Å²) in [4.78, 5) is 34.9. The van der Waals surface area contributed by atoms with Crippen LogP contribution in [0.2, 0.25) is 0 Å². The van der Waals surface area contributed by atoms with Crippen LogP contribution in [0.15, 0.2) is 48.5 Å². The summed E-state index contributed by atoms with van der Waals surface area (Å²) in [6.07, 6.45) is -0.277. The third kappa shape index (κ3) is 5.42. The minimum absolute atomic E-state index is 0.00832. The lowest BCUT2D eigenvalue weighted by Gasteiger charge is -2.08. The molecule has 0 atom stereocenters. The van der Waals surface area contributed by atoms with Crippen LogP contribution in [0.3, 0.4) is 0 Å². The van der Waals surface area contributed by atoms with Gasteiger partial charge in [-0.1, -0.05) is 12.1 Å². The molecule has 2 aromatic carbocycles. The second-order valence-electron chi connectivity index (χ2n) is 5.06. The monoisotopic (exact) mass is 355 g/mol. The highest BCUT2D eigenvalue weighted by molar-refractivity contribution is 5.96. The van der Waals surface area contributed by atoms with Gasteiger partial charge in [-0.25, -0.2) is 9.18 Å². The van der Waals surface area contributed by atoms with Gasteiger partial charge in [0.25, 0.3) is 5.91 Å². The van der Waals surface area contributed by atoms with Crippen molar-refractivity contribution < 1.29 is 23.5 Å². The lowest BCUT2D eigenvalue weighted by atomic mass is 10.2. The number of nitrogens with zero attached hydrogens (tertiary/aromatic N) is 1. The van der Waals surface area contributed by atoms with E-state index in [0.717, 1.165) is 0 Å². The number of esters is 1. The van der Waals surface area contributed by atoms with Crippen LogP contribution >= 0.6 is 0 Å². The molecule has 0 heterocycles. The molecule has 0 fully saturated rings. The molecule has 0 bridgehead atoms. The molecule has 8 heteroatoms. The van der Waals surface area contributed by atoms with E-state index in [-0.39, 0.29) is 17.7 Å². The SMILES string of the molecule is N#CCC(=O)Nc1ccc(C(=O)OCC(=O)Nc2ccccc2F)cc1. The summed E-state index contributed by atoms with van der Waals surface area (Å²) in [6, 6.07) is 13.1. The number of amides is 2. The molecule has 0 radical (unpaired) electrons. The van der Waals surface area contributed by atoms with Crippen molar-refractivity contribution in [3.8, 4) is 6.07 Å². The first kappa shape index (κ1) is 18.6. The van der Waals surface area contributed by atoms with Gasteiger partial charge in [0.2, 0.25) is 5.91 Å². The third-order valence-electron chi connectivity index (χ3n) is 3.13. The number of para-hydroxylation sites is 1. The Bertz CT molecular complexity index is 859. The predicted molar refractivity (Wildman–Crippen MR) is 90.6 cm³/mol. The Labute approximate surface area is 148 Å². The molecule has 0 saturated heterocycles. The van der Waals surface area contributed by atoms with Crippen molar-refractivity contribution in [2.45, 2.75) is 6.42 Å². The van der Waals surface area contributed by atoms with Crippen LogP contribution < -0.4 is 10.6 Å². The van der Waals surface area contributed by atoms with E-state index in [4.69, 9.17) is 10.00 Å². The smallest absolute Gasteiger partial charge is 0.338 e. The average Bonchev–Trinajstić information content (AvgIpc) is 2.62. The molecule has 0 aliphatic rings. The van der Waals surface area contributed by atoms with Gasteiger partial charge in [0.1, 0.15) is 12.2 Å². The molecule has 26 heavy (non-hydrogen) atoms. The average molecular weight is 355 g/mol. The second-order valence-corrected chi connectivity index (χ2v) is 5.06. The van der Waals surface area contributed by atoms with Crippen molar-refractivity contribution in [1.82, 2.24) is 0 Å². The molecule has 2 aromatic rings. The summed E-state index contributed by atoms with van der Waals surface area (Å²) in [5, 5.41) is 13.2. The summed E-state index contributed by atoms with van der Waals surface area (Å²) < 4.78 is 18.3. The van der Waals surface area contributed by atoms with Crippen molar-refractivity contribution in [2.24, 2.45) is 0 Å². The maximum Gasteiger partial charge on any atom is 0.338 e. The van der Waals surface area contributed by atoms with E-state index >= 15 is 0 Å². The van der Waals surface area contributed by atoms with Gasteiger partial charge >= 0.3 is 5.97 Å². The van der Waals surface area contributed by atoms with E-state index in [1.165, 1.54) is 42.5 Å². The molecule has 2 rings (SSSR count). The quantitative estimate of drug-likeness (QED) is 0.774. The molecular formula is C18H14FN3O4. The number of carbonyl (C=O) groups excluding carboxylic acids is 3. The van der Waals surface area contributed by atoms with Crippen LogP contribution in [0.4, 0.5) is 15.8 Å². The lowest BCUT2D eigenvalue weighted by Crippen LogP contribution is -2.21. The van der Waals surface area contributed by atoms with Crippen LogP contribution in [-0.4, -0.2) is 24.4 Å². The van der Waals surface area contributed by atoms with Gasteiger partial charge in [0.05, 0.1) is 17.3 Å². The Balaban J connectivity index is 1.86. The van der Waals surface area contributed by atoms with Crippen molar-refractivity contribution in [2.75, 3.05) is 17.2 Å². The van der Waals surface area contributed by atoms with E-state index in [1.807, 2.05) is 0 Å². The van der Waals surface area contributed by atoms with Crippen LogP contribution in [-0.2, 0) is 14.3 Å². The third-order valence-corrected chi connectivity index (χ3v) is 3.13. The fourth-order valence-corrected chi connectivity index (χ4v) is 1.93. The maximum atomic E-state index is 13.4. The van der Waals surface area contributed by atoms with Gasteiger partial charge in [0.15, 0.2) is 6.61 Å². The van der Waals surface area contributed by atoms with Gasteiger partial charge in [-0.05, 0) is 36.4 Å². The minimum atomic E-state index is -0.747. The van der Waals surface area contributed by atoms with Gasteiger partial charge in [-0.3, -0.25) is 9.59 Å². The maximum absolute atomic E-state index is 13.4. The molecule has 0 saturated carbocycles. The molecule has 0 aliphatic carbocycles. The van der Waals surface area contributed by atoms with Crippen molar-refractivity contribution in [3.63, 3.8) is 0 Å². The van der Waals surface area contributed by atoms with Gasteiger partial charge in [-0.15, -0.1) is 0 Å². The first-order valence-electron chi connectivity index (χ1n) is 7.48. The van der Waals surface area contributed by atoms with Crippen molar-refractivity contribution >= 4 is 29.2 Å². The first-order valence-corrected chi connectivity index (χ1v) is 7.48. The zero-order chi connectivity index (χ0) is 18.9. The molecule has 0 aliphatic heterocycles. The number of rotatable bonds is 6. The zero-order valence-electron chi connectivity index (χ0n) is 13.5. The van der Waals surface area contributed by atoms with Gasteiger partial charge in [-0.2, -0.15) is 5.26 Å². The molecule has 0 spiro atoms. The number of benzene rings is 2. The summed E-state index contributed by atoms with van der Waals surface area (Å²) in [7, 11) is 0. The number of carbonyl (C=O) groups is 3. The molecule has 132 valence electrons. The number of anilines is 2. The molecular weight excluding hydrogens is 341 g/mol. The van der Waals surface area contributed by atoms with Gasteiger partial charge in [0, 0.05) is 5.69 Å². The molecule has 2 N–H and O–H groups in total. The highest BCUT2D eigenvalue weighted by Crippen LogP contribution is 2.13. The van der Waals surface area contributed by atoms with Crippen LogP contribution in [0.5, 0.6) is 0 Å². The number of ether oxygens (including phenoxy) is 1. The zero-order valence-corrected chi connectivity index (χ0v) is 13.5. The summed E-state index contributed by atoms with van der Waals surface area (Å²) in [6.45, 7) is -0.576. The highest BCUT2D eigenvalue weighted by Gasteiger charge is 2.12. The predicted octanol–water partition coefficient (Wildman–Crippen LogP) is 2.47. The Morgan fingerprint density at radius 2 is 1.69 bits per heavy atom. The summed E-state index contributed by atoms with van der Waals surface area (Å²) >= 11 is 0. The standard InChI is InChI=1S/C18H14FN3O4/c19-14-3-1-2-4-15(14)22-17(24)11-26-18(25)12-5-7-13(8-6-12)21-16(23)9-10-20/h1-8H,9,11H2,(H,21,23)(H,22,24). The van der Waals surface area contributed by atoms with Crippen molar-refractivity contribution in [1.29, 1.82) is 5.26 Å². The van der Waals surface area contributed by atoms with E-state index in [1.54, 1.807) is 12.1 Å². The lowest BCUT2D eigenvalue weighted by molar-refractivity contribution is -0.119. The van der Waals surface area contributed by atoms with E-state index in [2.05, 4.69) is 10.6 Å². The fourth-order valence-electron chi connectivity index (χ4n) is 1.93. The Morgan fingerprint density at radius 1 is 1.00 bits per heavy atom. The Morgan fingerprint density at radius 3 is 2.35 bits per heavy atom. The first-order chi connectivity index (χ1) is 12.5. The Hall–Kier alpha value is -3.73. The largest absolute Gasteiger partial charge is 0.452 e. The number of hydrogen-bond donors (Lipinski definition) is 2. The second kappa shape index (κ2) is 8.94. The Kier molecular flexibility index (Phi) is 6.40. The van der Waals surface area contributed by atoms with E-state index in [9.17, 15) is 18.8 Å². The summed E-state index contributed by atoms with van der Waals surface area (Å²) in [5.74, 6) is -2.48. The molecule has 7 nitrogen and oxygen atoms in total. The number of hydrogen-bond acceptors (Lipinski definition) is 5. The highest BCUT2D eigenvalue weighted by atomic mass is 19.1.